The van der Waals surface area contributed by atoms with E-state index in [4.69, 9.17) is 5.73 Å². The Balaban J connectivity index is 2.39. The van der Waals surface area contributed by atoms with Crippen LogP contribution >= 0.6 is 11.3 Å². The van der Waals surface area contributed by atoms with Crippen molar-refractivity contribution in [2.24, 2.45) is 5.73 Å². The van der Waals surface area contributed by atoms with Gasteiger partial charge in [-0.3, -0.25) is 9.59 Å². The first-order chi connectivity index (χ1) is 12.0. The number of nitrogens with one attached hydrogen (secondary N) is 2. The topological polar surface area (TPSA) is 104 Å². The van der Waals surface area contributed by atoms with Crippen molar-refractivity contribution in [1.29, 1.82) is 0 Å². The Kier molecular flexibility index (Phi) is 5.52. The maximum Gasteiger partial charge on any atom is 0.418 e. The molecule has 26 heavy (non-hydrogen) atoms. The third-order valence-corrected chi connectivity index (χ3v) is 4.12. The smallest absolute Gasteiger partial charge is 0.384 e. The number of carbonyl (C=O) groups excluding carboxylic acids is 2. The number of hydrogen-bond acceptors (Lipinski definition) is 5. The molecule has 0 bridgehead atoms. The highest BCUT2D eigenvalue weighted by Crippen LogP contribution is 2.39. The normalized spacial score (nSPS) is 12.5. The zero-order valence-electron chi connectivity index (χ0n) is 13.1. The summed E-state index contributed by atoms with van der Waals surface area (Å²) in [6.45, 7) is 1.19. The van der Waals surface area contributed by atoms with E-state index >= 15 is 0 Å². The van der Waals surface area contributed by atoms with Gasteiger partial charge in [0.15, 0.2) is 0 Å². The first-order valence-electron chi connectivity index (χ1n) is 7.05. The fourth-order valence-electron chi connectivity index (χ4n) is 1.94. The summed E-state index contributed by atoms with van der Waals surface area (Å²) in [4.78, 5) is 23.0. The van der Waals surface area contributed by atoms with Gasteiger partial charge in [-0.05, 0) is 31.2 Å². The van der Waals surface area contributed by atoms with Gasteiger partial charge in [-0.25, -0.2) is 4.39 Å². The van der Waals surface area contributed by atoms with Crippen LogP contribution in [0.3, 0.4) is 0 Å². The van der Waals surface area contributed by atoms with E-state index < -0.39 is 41.2 Å². The van der Waals surface area contributed by atoms with E-state index in [0.717, 1.165) is 29.5 Å². The highest BCUT2D eigenvalue weighted by molar-refractivity contribution is 7.20. The highest BCUT2D eigenvalue weighted by Gasteiger charge is 2.34. The molecule has 1 heterocycles. The molecule has 0 fully saturated rings. The fourth-order valence-corrected chi connectivity index (χ4v) is 2.92. The second-order valence-corrected chi connectivity index (χ2v) is 6.25. The lowest BCUT2D eigenvalue weighted by Gasteiger charge is -2.13. The molecule has 2 rings (SSSR count). The van der Waals surface area contributed by atoms with Crippen molar-refractivity contribution in [3.63, 3.8) is 0 Å². The molecule has 0 aliphatic rings. The van der Waals surface area contributed by atoms with Crippen molar-refractivity contribution in [3.8, 4) is 0 Å². The number of nitrogens with two attached hydrogens (primary N) is 1. The Hall–Kier alpha value is -2.66. The van der Waals surface area contributed by atoms with E-state index in [0.29, 0.717) is 6.07 Å². The van der Waals surface area contributed by atoms with E-state index in [1.165, 1.54) is 6.92 Å². The monoisotopic (exact) mass is 391 g/mol. The van der Waals surface area contributed by atoms with E-state index in [1.807, 2.05) is 0 Å². The quantitative estimate of drug-likeness (QED) is 0.588. The van der Waals surface area contributed by atoms with E-state index in [1.54, 1.807) is 0 Å². The van der Waals surface area contributed by atoms with Crippen molar-refractivity contribution in [3.05, 3.63) is 41.2 Å². The highest BCUT2D eigenvalue weighted by atomic mass is 32.1. The van der Waals surface area contributed by atoms with Gasteiger partial charge < -0.3 is 21.5 Å². The first kappa shape index (κ1) is 19.7. The number of anilines is 3. The second-order valence-electron chi connectivity index (χ2n) is 5.20. The minimum absolute atomic E-state index is 0.0402. The average molecular weight is 391 g/mol. The number of aliphatic hydroxyl groups excluding tert-OH is 1. The number of thiophene rings is 1. The largest absolute Gasteiger partial charge is 0.418 e. The molecular weight excluding hydrogens is 378 g/mol. The molecule has 11 heteroatoms. The second kappa shape index (κ2) is 7.30. The third kappa shape index (κ3) is 4.49. The summed E-state index contributed by atoms with van der Waals surface area (Å²) < 4.78 is 52.3. The molecule has 0 radical (unpaired) electrons. The molecule has 0 saturated carbocycles. The van der Waals surface area contributed by atoms with Crippen molar-refractivity contribution in [2.75, 3.05) is 10.6 Å². The van der Waals surface area contributed by atoms with Crippen molar-refractivity contribution in [1.82, 2.24) is 0 Å². The number of halogens is 4. The van der Waals surface area contributed by atoms with Gasteiger partial charge in [0.1, 0.15) is 16.9 Å². The summed E-state index contributed by atoms with van der Waals surface area (Å²) in [6, 6.07) is 3.22. The van der Waals surface area contributed by atoms with Gasteiger partial charge in [-0.15, -0.1) is 0 Å². The lowest BCUT2D eigenvalue weighted by atomic mass is 10.1. The van der Waals surface area contributed by atoms with Crippen molar-refractivity contribution in [2.45, 2.75) is 19.2 Å². The Morgan fingerprint density at radius 2 is 1.92 bits per heavy atom. The fraction of sp³-hybridized carbons (Fsp3) is 0.200. The first-order valence-corrected chi connectivity index (χ1v) is 7.87. The molecule has 1 atom stereocenters. The molecule has 1 aromatic heterocycles. The lowest BCUT2D eigenvalue weighted by molar-refractivity contribution is -0.137. The van der Waals surface area contributed by atoms with E-state index in [-0.39, 0.29) is 15.6 Å². The molecule has 6 nitrogen and oxygen atoms in total. The molecule has 2 amide bonds. The molecule has 1 unspecified atom stereocenters. The summed E-state index contributed by atoms with van der Waals surface area (Å²) in [5.41, 5.74) is 3.36. The van der Waals surface area contributed by atoms with Crippen molar-refractivity contribution >= 4 is 38.8 Å². The molecule has 2 aromatic rings. The molecule has 1 aromatic carbocycles. The maximum atomic E-state index is 13.2. The van der Waals surface area contributed by atoms with Crippen LogP contribution in [0.25, 0.3) is 0 Å². The Morgan fingerprint density at radius 1 is 1.27 bits per heavy atom. The number of benzene rings is 1. The van der Waals surface area contributed by atoms with Crippen LogP contribution in [-0.2, 0) is 11.0 Å². The summed E-state index contributed by atoms with van der Waals surface area (Å²) in [7, 11) is 0. The molecule has 0 aliphatic heterocycles. The van der Waals surface area contributed by atoms with Crippen LogP contribution in [-0.4, -0.2) is 23.0 Å². The Labute approximate surface area is 148 Å². The molecule has 0 aliphatic carbocycles. The summed E-state index contributed by atoms with van der Waals surface area (Å²) in [6.07, 6.45) is -6.18. The zero-order chi connectivity index (χ0) is 19.6. The number of amides is 2. The number of rotatable bonds is 5. The lowest BCUT2D eigenvalue weighted by Crippen LogP contribution is -2.25. The van der Waals surface area contributed by atoms with Gasteiger partial charge >= 0.3 is 6.18 Å². The van der Waals surface area contributed by atoms with Crippen LogP contribution in [0.2, 0.25) is 0 Å². The zero-order valence-corrected chi connectivity index (χ0v) is 14.0. The molecule has 0 spiro atoms. The number of hydrogen-bond donors (Lipinski definition) is 4. The van der Waals surface area contributed by atoms with Gasteiger partial charge in [-0.2, -0.15) is 13.2 Å². The van der Waals surface area contributed by atoms with Crippen LogP contribution in [0.4, 0.5) is 33.3 Å². The molecule has 0 saturated heterocycles. The summed E-state index contributed by atoms with van der Waals surface area (Å²) in [5.74, 6) is -2.80. The number of aliphatic hydroxyl groups is 1. The molecule has 140 valence electrons. The SMILES string of the molecule is CC(O)C(=O)Nc1sc(Nc2ccc(F)cc2C(F)(F)F)cc1C(N)=O. The van der Waals surface area contributed by atoms with Crippen LogP contribution in [0.5, 0.6) is 0 Å². The van der Waals surface area contributed by atoms with Crippen LogP contribution < -0.4 is 16.4 Å². The molecular formula is C15H13F4N3O3S. The number of alkyl halides is 3. The summed E-state index contributed by atoms with van der Waals surface area (Å²) >= 11 is 0.736. The van der Waals surface area contributed by atoms with E-state index in [2.05, 4.69) is 10.6 Å². The Bertz CT molecular complexity index is 849. The van der Waals surface area contributed by atoms with Gasteiger partial charge in [0.2, 0.25) is 0 Å². The standard InChI is InChI=1S/C15H13F4N3O3S/c1-6(23)13(25)22-14-8(12(20)24)5-11(26-14)21-10-3-2-7(16)4-9(10)15(17,18)19/h2-6,21,23H,1H3,(H2,20,24)(H,22,25). The van der Waals surface area contributed by atoms with Gasteiger partial charge in [0.05, 0.1) is 21.8 Å². The maximum absolute atomic E-state index is 13.2. The molecule has 5 N–H and O–H groups in total. The Morgan fingerprint density at radius 3 is 2.46 bits per heavy atom. The van der Waals surface area contributed by atoms with Gasteiger partial charge in [0, 0.05) is 0 Å². The number of carbonyl (C=O) groups is 2. The minimum Gasteiger partial charge on any atom is -0.384 e. The van der Waals surface area contributed by atoms with Crippen LogP contribution in [0, 0.1) is 5.82 Å². The average Bonchev–Trinajstić information content (AvgIpc) is 2.90. The van der Waals surface area contributed by atoms with Crippen molar-refractivity contribution < 1.29 is 32.3 Å². The number of primary amides is 1. The van der Waals surface area contributed by atoms with Crippen LogP contribution in [0.1, 0.15) is 22.8 Å². The van der Waals surface area contributed by atoms with E-state index in [9.17, 15) is 32.3 Å². The predicted octanol–water partition coefficient (Wildman–Crippen LogP) is 3.07. The summed E-state index contributed by atoms with van der Waals surface area (Å²) in [5, 5.41) is 13.9. The van der Waals surface area contributed by atoms with Crippen LogP contribution in [0.15, 0.2) is 24.3 Å². The minimum atomic E-state index is -4.81. The van der Waals surface area contributed by atoms with Gasteiger partial charge in [0.25, 0.3) is 11.8 Å². The van der Waals surface area contributed by atoms with Gasteiger partial charge in [-0.1, -0.05) is 11.3 Å². The predicted molar refractivity (Wildman–Crippen MR) is 87.8 cm³/mol. The third-order valence-electron chi connectivity index (χ3n) is 3.16.